The lowest BCUT2D eigenvalue weighted by atomic mass is 10.0. The van der Waals surface area contributed by atoms with Crippen molar-refractivity contribution in [1.29, 1.82) is 0 Å². The van der Waals surface area contributed by atoms with Gasteiger partial charge in [-0.1, -0.05) is 0 Å². The van der Waals surface area contributed by atoms with Crippen molar-refractivity contribution >= 4 is 5.91 Å². The number of nitrogens with one attached hydrogen (secondary N) is 1. The standard InChI is InChI=1S/C12H25N3O/c1-12(2,3)15-8-6-7-13-10(11(15)16)9-14(4)5/h10,13H,6-9H2,1-5H3. The largest absolute Gasteiger partial charge is 0.336 e. The van der Waals surface area contributed by atoms with Crippen LogP contribution in [0, 0.1) is 0 Å². The highest BCUT2D eigenvalue weighted by atomic mass is 16.2. The molecule has 1 aliphatic heterocycles. The minimum absolute atomic E-state index is 0.0586. The van der Waals surface area contributed by atoms with E-state index in [4.69, 9.17) is 0 Å². The molecule has 0 aromatic carbocycles. The van der Waals surface area contributed by atoms with Crippen LogP contribution in [0.3, 0.4) is 0 Å². The van der Waals surface area contributed by atoms with Crippen molar-refractivity contribution < 1.29 is 4.79 Å². The molecule has 0 bridgehead atoms. The summed E-state index contributed by atoms with van der Waals surface area (Å²) in [4.78, 5) is 16.4. The highest BCUT2D eigenvalue weighted by molar-refractivity contribution is 5.83. The van der Waals surface area contributed by atoms with E-state index in [0.29, 0.717) is 0 Å². The molecule has 1 fully saturated rings. The van der Waals surface area contributed by atoms with Gasteiger partial charge in [0.2, 0.25) is 5.91 Å². The monoisotopic (exact) mass is 227 g/mol. The first-order valence-corrected chi connectivity index (χ1v) is 6.02. The number of likely N-dealkylation sites (N-methyl/N-ethyl adjacent to an activating group) is 1. The summed E-state index contributed by atoms with van der Waals surface area (Å²) in [6, 6.07) is -0.0586. The van der Waals surface area contributed by atoms with E-state index in [1.165, 1.54) is 0 Å². The Bertz CT molecular complexity index is 245. The number of rotatable bonds is 2. The molecule has 1 amide bonds. The first-order valence-electron chi connectivity index (χ1n) is 6.02. The van der Waals surface area contributed by atoms with Gasteiger partial charge in [-0.15, -0.1) is 0 Å². The van der Waals surface area contributed by atoms with E-state index in [1.807, 2.05) is 19.0 Å². The molecule has 1 heterocycles. The minimum Gasteiger partial charge on any atom is -0.336 e. The van der Waals surface area contributed by atoms with E-state index in [-0.39, 0.29) is 17.5 Å². The Morgan fingerprint density at radius 1 is 1.44 bits per heavy atom. The van der Waals surface area contributed by atoms with Crippen molar-refractivity contribution in [2.24, 2.45) is 0 Å². The second-order valence-corrected chi connectivity index (χ2v) is 5.78. The maximum Gasteiger partial charge on any atom is 0.241 e. The van der Waals surface area contributed by atoms with Crippen LogP contribution in [0.4, 0.5) is 0 Å². The highest BCUT2D eigenvalue weighted by Gasteiger charge is 2.33. The zero-order valence-electron chi connectivity index (χ0n) is 11.2. The van der Waals surface area contributed by atoms with Crippen molar-refractivity contribution in [2.75, 3.05) is 33.7 Å². The average molecular weight is 227 g/mol. The number of hydrogen-bond donors (Lipinski definition) is 1. The molecular weight excluding hydrogens is 202 g/mol. The first-order chi connectivity index (χ1) is 7.32. The molecule has 94 valence electrons. The predicted octanol–water partition coefficient (Wildman–Crippen LogP) is 0.537. The topological polar surface area (TPSA) is 35.6 Å². The molecule has 0 saturated carbocycles. The molecule has 0 aromatic heterocycles. The Kier molecular flexibility index (Phi) is 4.33. The maximum absolute atomic E-state index is 12.4. The molecule has 1 saturated heterocycles. The van der Waals surface area contributed by atoms with Gasteiger partial charge in [0.05, 0.1) is 6.04 Å². The lowest BCUT2D eigenvalue weighted by Gasteiger charge is -2.36. The number of nitrogens with zero attached hydrogens (tertiary/aromatic N) is 2. The van der Waals surface area contributed by atoms with Crippen LogP contribution < -0.4 is 5.32 Å². The summed E-state index contributed by atoms with van der Waals surface area (Å²) < 4.78 is 0. The smallest absolute Gasteiger partial charge is 0.241 e. The second-order valence-electron chi connectivity index (χ2n) is 5.78. The number of carbonyl (C=O) groups is 1. The van der Waals surface area contributed by atoms with Gasteiger partial charge in [0.25, 0.3) is 0 Å². The lowest BCUT2D eigenvalue weighted by molar-refractivity contribution is -0.137. The average Bonchev–Trinajstić information content (AvgIpc) is 2.27. The lowest BCUT2D eigenvalue weighted by Crippen LogP contribution is -2.54. The van der Waals surface area contributed by atoms with Crippen LogP contribution >= 0.6 is 0 Å². The first kappa shape index (κ1) is 13.5. The van der Waals surface area contributed by atoms with E-state index in [2.05, 4.69) is 31.0 Å². The molecule has 1 aliphatic rings. The molecule has 0 aliphatic carbocycles. The SMILES string of the molecule is CN(C)CC1NCCCN(C(C)(C)C)C1=O. The fourth-order valence-corrected chi connectivity index (χ4v) is 2.07. The summed E-state index contributed by atoms with van der Waals surface area (Å²) in [5.41, 5.74) is -0.0757. The van der Waals surface area contributed by atoms with Gasteiger partial charge < -0.3 is 15.1 Å². The summed E-state index contributed by atoms with van der Waals surface area (Å²) in [6.45, 7) is 8.86. The van der Waals surface area contributed by atoms with Crippen LogP contribution in [0.5, 0.6) is 0 Å². The molecule has 1 rings (SSSR count). The van der Waals surface area contributed by atoms with Gasteiger partial charge in [0, 0.05) is 18.6 Å². The normalized spacial score (nSPS) is 23.8. The zero-order valence-corrected chi connectivity index (χ0v) is 11.2. The second kappa shape index (κ2) is 5.15. The Morgan fingerprint density at radius 3 is 2.56 bits per heavy atom. The van der Waals surface area contributed by atoms with Crippen molar-refractivity contribution in [2.45, 2.75) is 38.8 Å². The molecule has 0 spiro atoms. The fourth-order valence-electron chi connectivity index (χ4n) is 2.07. The van der Waals surface area contributed by atoms with Crippen molar-refractivity contribution in [3.8, 4) is 0 Å². The van der Waals surface area contributed by atoms with Gasteiger partial charge in [0.15, 0.2) is 0 Å². The van der Waals surface area contributed by atoms with E-state index >= 15 is 0 Å². The molecule has 0 radical (unpaired) electrons. The third kappa shape index (κ3) is 3.46. The van der Waals surface area contributed by atoms with Crippen LogP contribution in [0.15, 0.2) is 0 Å². The fraction of sp³-hybridized carbons (Fsp3) is 0.917. The van der Waals surface area contributed by atoms with Crippen molar-refractivity contribution in [3.05, 3.63) is 0 Å². The zero-order chi connectivity index (χ0) is 12.3. The summed E-state index contributed by atoms with van der Waals surface area (Å²) in [5.74, 6) is 0.235. The van der Waals surface area contributed by atoms with Crippen LogP contribution in [-0.4, -0.2) is 61.0 Å². The molecule has 1 N–H and O–H groups in total. The summed E-state index contributed by atoms with van der Waals surface area (Å²) in [6.07, 6.45) is 1.03. The Labute approximate surface area is 99.0 Å². The van der Waals surface area contributed by atoms with Gasteiger partial charge >= 0.3 is 0 Å². The van der Waals surface area contributed by atoms with Crippen LogP contribution in [-0.2, 0) is 4.79 Å². The van der Waals surface area contributed by atoms with Gasteiger partial charge in [-0.25, -0.2) is 0 Å². The van der Waals surface area contributed by atoms with Crippen LogP contribution in [0.25, 0.3) is 0 Å². The predicted molar refractivity (Wildman–Crippen MR) is 66.4 cm³/mol. The summed E-state index contributed by atoms with van der Waals surface area (Å²) >= 11 is 0. The summed E-state index contributed by atoms with van der Waals surface area (Å²) in [7, 11) is 4.00. The van der Waals surface area contributed by atoms with Crippen molar-refractivity contribution in [3.63, 3.8) is 0 Å². The molecule has 4 nitrogen and oxygen atoms in total. The Hall–Kier alpha value is -0.610. The summed E-state index contributed by atoms with van der Waals surface area (Å²) in [5, 5.41) is 3.33. The van der Waals surface area contributed by atoms with E-state index in [1.54, 1.807) is 0 Å². The van der Waals surface area contributed by atoms with Gasteiger partial charge in [0.1, 0.15) is 0 Å². The molecular formula is C12H25N3O. The van der Waals surface area contributed by atoms with Gasteiger partial charge in [-0.3, -0.25) is 4.79 Å². The highest BCUT2D eigenvalue weighted by Crippen LogP contribution is 2.17. The van der Waals surface area contributed by atoms with E-state index in [0.717, 1.165) is 26.1 Å². The Balaban J connectivity index is 2.76. The quantitative estimate of drug-likeness (QED) is 0.748. The maximum atomic E-state index is 12.4. The molecule has 0 aromatic rings. The van der Waals surface area contributed by atoms with Gasteiger partial charge in [-0.2, -0.15) is 0 Å². The minimum atomic E-state index is -0.0757. The molecule has 1 atom stereocenters. The Morgan fingerprint density at radius 2 is 2.06 bits per heavy atom. The van der Waals surface area contributed by atoms with E-state index in [9.17, 15) is 4.79 Å². The third-order valence-electron chi connectivity index (χ3n) is 2.87. The number of carbonyl (C=O) groups excluding carboxylic acids is 1. The van der Waals surface area contributed by atoms with E-state index < -0.39 is 0 Å². The number of amides is 1. The van der Waals surface area contributed by atoms with Crippen LogP contribution in [0.1, 0.15) is 27.2 Å². The molecule has 4 heteroatoms. The van der Waals surface area contributed by atoms with Gasteiger partial charge in [-0.05, 0) is 47.8 Å². The van der Waals surface area contributed by atoms with Crippen molar-refractivity contribution in [1.82, 2.24) is 15.1 Å². The third-order valence-corrected chi connectivity index (χ3v) is 2.87. The van der Waals surface area contributed by atoms with Crippen LogP contribution in [0.2, 0.25) is 0 Å². The molecule has 16 heavy (non-hydrogen) atoms. The number of hydrogen-bond acceptors (Lipinski definition) is 3. The molecule has 1 unspecified atom stereocenters.